The van der Waals surface area contributed by atoms with E-state index in [-0.39, 0.29) is 29.0 Å². The molecule has 2 N–H and O–H groups in total. The van der Waals surface area contributed by atoms with Crippen molar-refractivity contribution in [3.63, 3.8) is 0 Å². The Morgan fingerprint density at radius 3 is 2.27 bits per heavy atom. The number of ether oxygens (including phenoxy) is 2. The van der Waals surface area contributed by atoms with Gasteiger partial charge in [-0.3, -0.25) is 23.9 Å². The van der Waals surface area contributed by atoms with E-state index in [1.807, 2.05) is 0 Å². The molecule has 0 radical (unpaired) electrons. The average Bonchev–Trinajstić information content (AvgIpc) is 3.19. The van der Waals surface area contributed by atoms with Gasteiger partial charge < -0.3 is 14.8 Å². The van der Waals surface area contributed by atoms with E-state index in [2.05, 4.69) is 25.0 Å². The van der Waals surface area contributed by atoms with E-state index in [9.17, 15) is 23.4 Å². The average molecular weight is 784 g/mol. The third kappa shape index (κ3) is 8.58. The Hall–Kier alpha value is -6.46. The van der Waals surface area contributed by atoms with Crippen molar-refractivity contribution in [1.82, 2.24) is 29.4 Å². The van der Waals surface area contributed by atoms with Crippen LogP contribution in [0.3, 0.4) is 0 Å². The fourth-order valence-electron chi connectivity index (χ4n) is 5.72. The minimum Gasteiger partial charge on any atom is -0.461 e. The molecule has 0 saturated carbocycles. The summed E-state index contributed by atoms with van der Waals surface area (Å²) in [5.74, 6) is -3.64. The van der Waals surface area contributed by atoms with Crippen LogP contribution in [0, 0.1) is 11.6 Å². The number of amides is 1. The Balaban J connectivity index is 1.16. The summed E-state index contributed by atoms with van der Waals surface area (Å²) < 4.78 is 58.8. The van der Waals surface area contributed by atoms with Crippen LogP contribution in [0.5, 0.6) is 0 Å². The van der Waals surface area contributed by atoms with Gasteiger partial charge in [-0.05, 0) is 61.4 Å². The second-order valence-electron chi connectivity index (χ2n) is 12.8. The Bertz CT molecular complexity index is 2560. The zero-order valence-electron chi connectivity index (χ0n) is 30.5. The third-order valence-corrected chi connectivity index (χ3v) is 9.64. The van der Waals surface area contributed by atoms with Gasteiger partial charge in [0.05, 0.1) is 45.0 Å². The summed E-state index contributed by atoms with van der Waals surface area (Å²) in [7, 11) is 1.04. The van der Waals surface area contributed by atoms with Gasteiger partial charge in [-0.25, -0.2) is 37.1 Å². The molecule has 288 valence electrons. The predicted octanol–water partition coefficient (Wildman–Crippen LogP) is 4.39. The van der Waals surface area contributed by atoms with Crippen LogP contribution in [0.1, 0.15) is 35.6 Å². The first-order valence-electron chi connectivity index (χ1n) is 17.1. The maximum absolute atomic E-state index is 15.4. The summed E-state index contributed by atoms with van der Waals surface area (Å²) >= 11 is 0. The number of hydrogen-bond donors (Lipinski definition) is 2. The molecule has 2 unspecified atom stereocenters. The molecule has 3 heterocycles. The van der Waals surface area contributed by atoms with Crippen molar-refractivity contribution in [2.75, 3.05) is 11.8 Å². The largest absolute Gasteiger partial charge is 0.461 e. The molecular weight excluding hydrogens is 749 g/mol. The number of nitrogens with one attached hydrogen (secondary N) is 2. The summed E-state index contributed by atoms with van der Waals surface area (Å²) in [6, 6.07) is 14.1. The van der Waals surface area contributed by atoms with E-state index in [4.69, 9.17) is 9.47 Å². The number of esters is 1. The van der Waals surface area contributed by atoms with Crippen LogP contribution in [0.15, 0.2) is 106 Å². The standard InChI is InChI=1S/C39H35F2N7O7S/c1-22(2)55-38(51)33(15-23-5-9-26(10-6-23)48-37(50)28-13-14-42-20-34(28)47(3)39(48)52)45-36(49)29-16-31(41)32(17-30(29)40)46-56(53)27-11-7-24(8-12-27)25-18-43-35(21-54-4)44-19-25/h5-14,16-20,22,33,46H,15,21H2,1-4H3,(H,45,49). The summed E-state index contributed by atoms with van der Waals surface area (Å²) in [6.07, 6.45) is 5.41. The van der Waals surface area contributed by atoms with Gasteiger partial charge in [0, 0.05) is 50.8 Å². The number of pyridine rings is 1. The van der Waals surface area contributed by atoms with Crippen molar-refractivity contribution >= 4 is 39.5 Å². The first-order chi connectivity index (χ1) is 26.8. The Kier molecular flexibility index (Phi) is 11.9. The Labute approximate surface area is 320 Å². The highest BCUT2D eigenvalue weighted by molar-refractivity contribution is 7.86. The summed E-state index contributed by atoms with van der Waals surface area (Å²) in [4.78, 5) is 65.4. The predicted molar refractivity (Wildman–Crippen MR) is 203 cm³/mol. The topological polar surface area (TPSA) is 176 Å². The molecule has 3 aromatic carbocycles. The number of carbonyl (C=O) groups is 2. The van der Waals surface area contributed by atoms with E-state index in [0.29, 0.717) is 34.6 Å². The SMILES string of the molecule is COCc1ncc(-c2ccc(S(=O)Nc3cc(F)c(C(=O)NC(Cc4ccc(-n5c(=O)c6ccncc6n(C)c5=O)cc4)C(=O)OC(C)C)cc3F)cc2)cn1. The lowest BCUT2D eigenvalue weighted by Crippen LogP contribution is -2.44. The molecule has 0 saturated heterocycles. The van der Waals surface area contributed by atoms with Crippen LogP contribution in [0.25, 0.3) is 27.7 Å². The fraction of sp³-hybridized carbons (Fsp3) is 0.205. The van der Waals surface area contributed by atoms with Gasteiger partial charge in [0.1, 0.15) is 35.3 Å². The molecule has 6 rings (SSSR count). The van der Waals surface area contributed by atoms with Crippen molar-refractivity contribution in [3.05, 3.63) is 141 Å². The highest BCUT2D eigenvalue weighted by Gasteiger charge is 2.27. The molecule has 14 nitrogen and oxygen atoms in total. The van der Waals surface area contributed by atoms with Gasteiger partial charge in [-0.2, -0.15) is 0 Å². The molecule has 17 heteroatoms. The number of aryl methyl sites for hydroxylation is 1. The van der Waals surface area contributed by atoms with Crippen molar-refractivity contribution in [2.45, 2.75) is 43.9 Å². The number of aromatic nitrogens is 5. The van der Waals surface area contributed by atoms with E-state index in [1.54, 1.807) is 62.6 Å². The van der Waals surface area contributed by atoms with Gasteiger partial charge in [0.15, 0.2) is 5.82 Å². The van der Waals surface area contributed by atoms with E-state index in [0.717, 1.165) is 10.1 Å². The lowest BCUT2D eigenvalue weighted by molar-refractivity contribution is -0.149. The molecule has 3 aromatic heterocycles. The van der Waals surface area contributed by atoms with Gasteiger partial charge >= 0.3 is 11.7 Å². The van der Waals surface area contributed by atoms with Gasteiger partial charge in [0.25, 0.3) is 11.5 Å². The summed E-state index contributed by atoms with van der Waals surface area (Å²) in [6.45, 7) is 3.49. The maximum atomic E-state index is 15.4. The molecule has 0 aliphatic rings. The number of methoxy groups -OCH3 is 1. The number of carbonyl (C=O) groups excluding carboxylic acids is 2. The van der Waals surface area contributed by atoms with Crippen molar-refractivity contribution in [3.8, 4) is 16.8 Å². The van der Waals surface area contributed by atoms with Crippen LogP contribution in [0.2, 0.25) is 0 Å². The molecule has 1 amide bonds. The van der Waals surface area contributed by atoms with Gasteiger partial charge in [-0.1, -0.05) is 24.3 Å². The van der Waals surface area contributed by atoms with Crippen molar-refractivity contribution < 1.29 is 32.1 Å². The zero-order chi connectivity index (χ0) is 40.1. The molecule has 2 atom stereocenters. The first kappa shape index (κ1) is 39.2. The Morgan fingerprint density at radius 1 is 0.911 bits per heavy atom. The van der Waals surface area contributed by atoms with Crippen LogP contribution in [-0.4, -0.2) is 59.4 Å². The summed E-state index contributed by atoms with van der Waals surface area (Å²) in [5.41, 5.74) is 0.246. The van der Waals surface area contributed by atoms with Crippen molar-refractivity contribution in [1.29, 1.82) is 0 Å². The third-order valence-electron chi connectivity index (χ3n) is 8.53. The van der Waals surface area contributed by atoms with Crippen molar-refractivity contribution in [2.24, 2.45) is 7.05 Å². The lowest BCUT2D eigenvalue weighted by atomic mass is 10.0. The van der Waals surface area contributed by atoms with E-state index >= 15 is 8.78 Å². The van der Waals surface area contributed by atoms with E-state index < -0.39 is 69.1 Å². The number of anilines is 1. The van der Waals surface area contributed by atoms with Crippen LogP contribution in [-0.2, 0) is 45.3 Å². The molecule has 0 fully saturated rings. The highest BCUT2D eigenvalue weighted by atomic mass is 32.2. The molecule has 0 spiro atoms. The van der Waals surface area contributed by atoms with Gasteiger partial charge in [-0.15, -0.1) is 0 Å². The molecule has 0 aliphatic carbocycles. The number of hydrogen-bond acceptors (Lipinski definition) is 10. The zero-order valence-corrected chi connectivity index (χ0v) is 31.3. The fourth-order valence-corrected chi connectivity index (χ4v) is 6.58. The maximum Gasteiger partial charge on any atom is 0.335 e. The number of halogens is 2. The lowest BCUT2D eigenvalue weighted by Gasteiger charge is -2.20. The number of rotatable bonds is 13. The highest BCUT2D eigenvalue weighted by Crippen LogP contribution is 2.24. The Morgan fingerprint density at radius 2 is 1.61 bits per heavy atom. The molecule has 0 aliphatic heterocycles. The molecule has 0 bridgehead atoms. The number of nitrogens with zero attached hydrogens (tertiary/aromatic N) is 5. The number of fused-ring (bicyclic) bond motifs is 1. The number of benzene rings is 3. The van der Waals surface area contributed by atoms with Crippen LogP contribution >= 0.6 is 0 Å². The normalized spacial score (nSPS) is 12.3. The molecule has 56 heavy (non-hydrogen) atoms. The second kappa shape index (κ2) is 16.9. The smallest absolute Gasteiger partial charge is 0.335 e. The molecule has 6 aromatic rings. The summed E-state index contributed by atoms with van der Waals surface area (Å²) in [5, 5.41) is 2.72. The van der Waals surface area contributed by atoms with Gasteiger partial charge in [0.2, 0.25) is 0 Å². The monoisotopic (exact) mass is 783 g/mol. The van der Waals surface area contributed by atoms with Crippen LogP contribution < -0.4 is 21.3 Å². The minimum atomic E-state index is -2.02. The minimum absolute atomic E-state index is 0.137. The second-order valence-corrected chi connectivity index (χ2v) is 14.0. The van der Waals surface area contributed by atoms with E-state index in [1.165, 1.54) is 49.3 Å². The quantitative estimate of drug-likeness (QED) is 0.160. The molecular formula is C39H35F2N7O7S. The van der Waals surface area contributed by atoms with Crippen LogP contribution in [0.4, 0.5) is 14.5 Å². The first-order valence-corrected chi connectivity index (χ1v) is 18.2.